The minimum Gasteiger partial charge on any atom is -0.493 e. The zero-order valence-electron chi connectivity index (χ0n) is 15.6. The molecular weight excluding hydrogens is 382 g/mol. The third-order valence-electron chi connectivity index (χ3n) is 3.89. The molecule has 0 fully saturated rings. The van der Waals surface area contributed by atoms with E-state index in [1.165, 1.54) is 23.9 Å². The molecule has 0 aliphatic heterocycles. The second kappa shape index (κ2) is 8.62. The number of anilines is 1. The van der Waals surface area contributed by atoms with E-state index in [9.17, 15) is 9.59 Å². The van der Waals surface area contributed by atoms with Gasteiger partial charge < -0.3 is 23.9 Å². The van der Waals surface area contributed by atoms with Gasteiger partial charge in [-0.15, -0.1) is 11.3 Å². The van der Waals surface area contributed by atoms with Gasteiger partial charge >= 0.3 is 5.97 Å². The van der Waals surface area contributed by atoms with Crippen LogP contribution in [0, 0.1) is 0 Å². The summed E-state index contributed by atoms with van der Waals surface area (Å²) in [6.07, 6.45) is 2.74. The Bertz CT molecular complexity index is 977. The summed E-state index contributed by atoms with van der Waals surface area (Å²) < 4.78 is 20.7. The number of thiophene rings is 1. The van der Waals surface area contributed by atoms with Crippen LogP contribution in [0.25, 0.3) is 10.4 Å². The number of rotatable bonds is 7. The van der Waals surface area contributed by atoms with Crippen LogP contribution in [-0.2, 0) is 4.74 Å². The third kappa shape index (κ3) is 4.01. The predicted molar refractivity (Wildman–Crippen MR) is 105 cm³/mol. The lowest BCUT2D eigenvalue weighted by atomic mass is 10.1. The van der Waals surface area contributed by atoms with E-state index in [4.69, 9.17) is 18.6 Å². The molecule has 3 aromatic rings. The number of carbonyl (C=O) groups excluding carboxylic acids is 2. The van der Waals surface area contributed by atoms with E-state index in [0.717, 1.165) is 10.4 Å². The molecule has 0 aliphatic rings. The number of furan rings is 1. The Kier molecular flexibility index (Phi) is 6.00. The van der Waals surface area contributed by atoms with Crippen molar-refractivity contribution in [1.29, 1.82) is 0 Å². The molecule has 0 bridgehead atoms. The molecule has 0 aliphatic carbocycles. The smallest absolute Gasteiger partial charge is 0.350 e. The highest BCUT2D eigenvalue weighted by atomic mass is 32.1. The van der Waals surface area contributed by atoms with Crippen molar-refractivity contribution in [2.24, 2.45) is 0 Å². The second-order valence-electron chi connectivity index (χ2n) is 5.61. The Hall–Kier alpha value is -3.26. The van der Waals surface area contributed by atoms with Gasteiger partial charge in [-0.1, -0.05) is 0 Å². The van der Waals surface area contributed by atoms with Crippen LogP contribution in [0.15, 0.2) is 47.3 Å². The predicted octanol–water partition coefficient (Wildman–Crippen LogP) is 4.45. The van der Waals surface area contributed by atoms with Gasteiger partial charge in [-0.05, 0) is 42.8 Å². The standard InChI is InChI=1S/C20H19NO6S/c1-4-27-20(23)18-14(21-19(22)13-7-8-26-11-13)10-17(28-18)12-5-6-15(24-2)16(9-12)25-3/h5-11H,4H2,1-3H3,(H,21,22). The maximum atomic E-state index is 12.4. The van der Waals surface area contributed by atoms with E-state index in [1.54, 1.807) is 45.4 Å². The molecule has 7 nitrogen and oxygen atoms in total. The van der Waals surface area contributed by atoms with Crippen LogP contribution >= 0.6 is 11.3 Å². The lowest BCUT2D eigenvalue weighted by molar-refractivity contribution is 0.0533. The van der Waals surface area contributed by atoms with Crippen LogP contribution in [0.2, 0.25) is 0 Å². The molecule has 0 spiro atoms. The fraction of sp³-hybridized carbons (Fsp3) is 0.200. The first-order chi connectivity index (χ1) is 13.6. The summed E-state index contributed by atoms with van der Waals surface area (Å²) in [5, 5.41) is 2.75. The molecule has 1 amide bonds. The highest BCUT2D eigenvalue weighted by Crippen LogP contribution is 2.39. The molecular formula is C20H19NO6S. The van der Waals surface area contributed by atoms with E-state index in [1.807, 2.05) is 6.07 Å². The largest absolute Gasteiger partial charge is 0.493 e. The number of ether oxygens (including phenoxy) is 3. The lowest BCUT2D eigenvalue weighted by Gasteiger charge is -2.08. The van der Waals surface area contributed by atoms with E-state index >= 15 is 0 Å². The molecule has 28 heavy (non-hydrogen) atoms. The van der Waals surface area contributed by atoms with Gasteiger partial charge in [-0.2, -0.15) is 0 Å². The summed E-state index contributed by atoms with van der Waals surface area (Å²) in [4.78, 5) is 25.8. The van der Waals surface area contributed by atoms with Crippen molar-refractivity contribution in [3.05, 3.63) is 53.3 Å². The van der Waals surface area contributed by atoms with Crippen LogP contribution in [0.1, 0.15) is 27.0 Å². The molecule has 0 radical (unpaired) electrons. The number of hydrogen-bond donors (Lipinski definition) is 1. The molecule has 2 heterocycles. The summed E-state index contributed by atoms with van der Waals surface area (Å²) in [5.74, 6) is 0.287. The average Bonchev–Trinajstić information content (AvgIpc) is 3.38. The van der Waals surface area contributed by atoms with Gasteiger partial charge in [0.2, 0.25) is 0 Å². The Labute approximate surface area is 165 Å². The lowest BCUT2D eigenvalue weighted by Crippen LogP contribution is -2.13. The van der Waals surface area contributed by atoms with Gasteiger partial charge in [0.1, 0.15) is 11.1 Å². The number of hydrogen-bond acceptors (Lipinski definition) is 7. The molecule has 0 saturated carbocycles. The first-order valence-electron chi connectivity index (χ1n) is 8.44. The first kappa shape index (κ1) is 19.5. The molecule has 1 N–H and O–H groups in total. The fourth-order valence-corrected chi connectivity index (χ4v) is 3.56. The monoisotopic (exact) mass is 401 g/mol. The normalized spacial score (nSPS) is 10.4. The summed E-state index contributed by atoms with van der Waals surface area (Å²) in [6.45, 7) is 1.96. The maximum absolute atomic E-state index is 12.4. The highest BCUT2D eigenvalue weighted by Gasteiger charge is 2.21. The van der Waals surface area contributed by atoms with Crippen LogP contribution in [-0.4, -0.2) is 32.7 Å². The van der Waals surface area contributed by atoms with Crippen molar-refractivity contribution in [3.63, 3.8) is 0 Å². The molecule has 146 valence electrons. The molecule has 0 atom stereocenters. The van der Waals surface area contributed by atoms with E-state index in [0.29, 0.717) is 27.6 Å². The number of nitrogens with one attached hydrogen (secondary N) is 1. The van der Waals surface area contributed by atoms with Crippen molar-refractivity contribution >= 4 is 28.9 Å². The molecule has 0 unspecified atom stereocenters. The van der Waals surface area contributed by atoms with Gasteiger partial charge in [-0.3, -0.25) is 4.79 Å². The van der Waals surface area contributed by atoms with Crippen molar-refractivity contribution in [3.8, 4) is 21.9 Å². The average molecular weight is 401 g/mol. The minimum atomic E-state index is -0.498. The van der Waals surface area contributed by atoms with Gasteiger partial charge in [0.25, 0.3) is 5.91 Å². The third-order valence-corrected chi connectivity index (χ3v) is 5.06. The maximum Gasteiger partial charge on any atom is 0.350 e. The minimum absolute atomic E-state index is 0.234. The Balaban J connectivity index is 1.99. The van der Waals surface area contributed by atoms with Gasteiger partial charge in [0, 0.05) is 4.88 Å². The quantitative estimate of drug-likeness (QED) is 0.589. The Morgan fingerprint density at radius 2 is 1.89 bits per heavy atom. The van der Waals surface area contributed by atoms with Crippen molar-refractivity contribution in [2.75, 3.05) is 26.1 Å². The molecule has 1 aromatic carbocycles. The van der Waals surface area contributed by atoms with Crippen LogP contribution in [0.3, 0.4) is 0 Å². The summed E-state index contributed by atoms with van der Waals surface area (Å²) in [6, 6.07) is 8.71. The van der Waals surface area contributed by atoms with E-state index in [-0.39, 0.29) is 12.5 Å². The summed E-state index contributed by atoms with van der Waals surface area (Å²) in [5.41, 5.74) is 1.55. The van der Waals surface area contributed by atoms with Crippen molar-refractivity contribution < 1.29 is 28.2 Å². The molecule has 8 heteroatoms. The number of amides is 1. The first-order valence-corrected chi connectivity index (χ1v) is 9.26. The van der Waals surface area contributed by atoms with Crippen LogP contribution in [0.5, 0.6) is 11.5 Å². The van der Waals surface area contributed by atoms with Gasteiger partial charge in [0.05, 0.1) is 38.3 Å². The van der Waals surface area contributed by atoms with E-state index in [2.05, 4.69) is 5.32 Å². The van der Waals surface area contributed by atoms with Crippen LogP contribution < -0.4 is 14.8 Å². The zero-order chi connectivity index (χ0) is 20.1. The topological polar surface area (TPSA) is 87.0 Å². The van der Waals surface area contributed by atoms with Crippen molar-refractivity contribution in [2.45, 2.75) is 6.92 Å². The number of benzene rings is 1. The summed E-state index contributed by atoms with van der Waals surface area (Å²) in [7, 11) is 3.11. The number of esters is 1. The molecule has 2 aromatic heterocycles. The fourth-order valence-electron chi connectivity index (χ4n) is 2.55. The SMILES string of the molecule is CCOC(=O)c1sc(-c2ccc(OC)c(OC)c2)cc1NC(=O)c1ccoc1. The van der Waals surface area contributed by atoms with Crippen LogP contribution in [0.4, 0.5) is 5.69 Å². The second-order valence-corrected chi connectivity index (χ2v) is 6.66. The highest BCUT2D eigenvalue weighted by molar-refractivity contribution is 7.18. The van der Waals surface area contributed by atoms with E-state index < -0.39 is 5.97 Å². The Morgan fingerprint density at radius 1 is 1.11 bits per heavy atom. The number of carbonyl (C=O) groups is 2. The molecule has 0 saturated heterocycles. The summed E-state index contributed by atoms with van der Waals surface area (Å²) >= 11 is 1.22. The number of methoxy groups -OCH3 is 2. The van der Waals surface area contributed by atoms with Gasteiger partial charge in [-0.25, -0.2) is 4.79 Å². The zero-order valence-corrected chi connectivity index (χ0v) is 16.4. The van der Waals surface area contributed by atoms with Crippen molar-refractivity contribution in [1.82, 2.24) is 0 Å². The Morgan fingerprint density at radius 3 is 2.54 bits per heavy atom. The van der Waals surface area contributed by atoms with Gasteiger partial charge in [0.15, 0.2) is 11.5 Å². The molecule has 3 rings (SSSR count).